The number of carbonyl (C=O) groups is 1. The van der Waals surface area contributed by atoms with E-state index in [1.807, 2.05) is 27.0 Å². The Bertz CT molecular complexity index is 245. The van der Waals surface area contributed by atoms with Crippen LogP contribution in [0.25, 0.3) is 0 Å². The van der Waals surface area contributed by atoms with Gasteiger partial charge in [0.1, 0.15) is 0 Å². The lowest BCUT2D eigenvalue weighted by atomic mass is 9.83. The van der Waals surface area contributed by atoms with Crippen LogP contribution in [0.1, 0.15) is 47.5 Å². The Kier molecular flexibility index (Phi) is 5.95. The average Bonchev–Trinajstić information content (AvgIpc) is 2.23. The summed E-state index contributed by atoms with van der Waals surface area (Å²) in [6.45, 7) is 14.0. The minimum absolute atomic E-state index is 0.0796. The van der Waals surface area contributed by atoms with Crippen LogP contribution >= 0.6 is 0 Å². The summed E-state index contributed by atoms with van der Waals surface area (Å²) >= 11 is 0. The van der Waals surface area contributed by atoms with Gasteiger partial charge in [0.05, 0.1) is 5.54 Å². The molecule has 0 spiro atoms. The van der Waals surface area contributed by atoms with Crippen molar-refractivity contribution in [3.8, 4) is 0 Å². The minimum atomic E-state index is -0.365. The van der Waals surface area contributed by atoms with Crippen LogP contribution in [0.3, 0.4) is 0 Å². The fraction of sp³-hybridized carbons (Fsp3) is 0.786. The number of ketones is 1. The predicted molar refractivity (Wildman–Crippen MR) is 70.6 cm³/mol. The van der Waals surface area contributed by atoms with E-state index < -0.39 is 0 Å². The van der Waals surface area contributed by atoms with E-state index in [0.29, 0.717) is 11.8 Å². The summed E-state index contributed by atoms with van der Waals surface area (Å²) < 4.78 is 0. The van der Waals surface area contributed by atoms with Crippen molar-refractivity contribution in [3.63, 3.8) is 0 Å². The Labute approximate surface area is 101 Å². The largest absolute Gasteiger partial charge is 0.297 e. The molecule has 0 fully saturated rings. The number of hydrogen-bond donors (Lipinski definition) is 0. The number of Topliss-reactive ketones (excluding diaryl/α,β-unsaturated/α-hetero) is 1. The molecule has 0 aliphatic rings. The maximum Gasteiger partial charge on any atom is 0.155 e. The van der Waals surface area contributed by atoms with Gasteiger partial charge < -0.3 is 0 Å². The van der Waals surface area contributed by atoms with E-state index in [-0.39, 0.29) is 11.5 Å². The number of nitrogens with zero attached hydrogens (tertiary/aromatic N) is 1. The summed E-state index contributed by atoms with van der Waals surface area (Å²) in [6, 6.07) is 0.373. The molecule has 0 saturated carbocycles. The molecule has 0 saturated heterocycles. The van der Waals surface area contributed by atoms with Crippen LogP contribution in [0, 0.1) is 5.92 Å². The molecule has 0 amide bonds. The zero-order chi connectivity index (χ0) is 12.9. The highest BCUT2D eigenvalue weighted by atomic mass is 16.1. The lowest BCUT2D eigenvalue weighted by Crippen LogP contribution is -2.54. The van der Waals surface area contributed by atoms with Crippen molar-refractivity contribution in [2.75, 3.05) is 7.05 Å². The normalized spacial score (nSPS) is 15.6. The molecule has 0 radical (unpaired) electrons. The third-order valence-corrected chi connectivity index (χ3v) is 3.44. The van der Waals surface area contributed by atoms with Crippen LogP contribution < -0.4 is 0 Å². The van der Waals surface area contributed by atoms with E-state index in [1.54, 1.807) is 0 Å². The van der Waals surface area contributed by atoms with Crippen LogP contribution in [-0.4, -0.2) is 29.3 Å². The number of likely N-dealkylation sites (N-methyl/N-ethyl adjacent to an activating group) is 1. The molecular formula is C14H27NO. The quantitative estimate of drug-likeness (QED) is 0.620. The van der Waals surface area contributed by atoms with Gasteiger partial charge >= 0.3 is 0 Å². The highest BCUT2D eigenvalue weighted by Crippen LogP contribution is 2.26. The Morgan fingerprint density at radius 2 is 1.88 bits per heavy atom. The molecule has 0 heterocycles. The molecule has 0 aromatic rings. The fourth-order valence-electron chi connectivity index (χ4n) is 2.05. The van der Waals surface area contributed by atoms with Gasteiger partial charge in [-0.2, -0.15) is 0 Å². The van der Waals surface area contributed by atoms with Gasteiger partial charge in [-0.25, -0.2) is 0 Å². The van der Waals surface area contributed by atoms with E-state index in [2.05, 4.69) is 32.3 Å². The molecule has 1 atom stereocenters. The van der Waals surface area contributed by atoms with Crippen LogP contribution in [0.2, 0.25) is 0 Å². The van der Waals surface area contributed by atoms with E-state index in [0.717, 1.165) is 12.8 Å². The van der Waals surface area contributed by atoms with Gasteiger partial charge in [-0.1, -0.05) is 19.9 Å². The third-order valence-electron chi connectivity index (χ3n) is 3.44. The summed E-state index contributed by atoms with van der Waals surface area (Å²) in [6.07, 6.45) is 3.62. The second-order valence-corrected chi connectivity index (χ2v) is 5.32. The van der Waals surface area contributed by atoms with Crippen LogP contribution in [0.15, 0.2) is 12.7 Å². The molecule has 0 aromatic heterocycles. The maximum absolute atomic E-state index is 12.3. The van der Waals surface area contributed by atoms with Crippen LogP contribution in [-0.2, 0) is 4.79 Å². The topological polar surface area (TPSA) is 20.3 Å². The van der Waals surface area contributed by atoms with E-state index in [4.69, 9.17) is 0 Å². The first-order valence-corrected chi connectivity index (χ1v) is 6.15. The molecule has 0 bridgehead atoms. The van der Waals surface area contributed by atoms with Crippen molar-refractivity contribution in [2.45, 2.75) is 59.0 Å². The summed E-state index contributed by atoms with van der Waals surface area (Å²) in [5, 5.41) is 0. The zero-order valence-corrected chi connectivity index (χ0v) is 11.7. The zero-order valence-electron chi connectivity index (χ0n) is 11.7. The number of rotatable bonds is 7. The molecular weight excluding hydrogens is 198 g/mol. The summed E-state index contributed by atoms with van der Waals surface area (Å²) in [4.78, 5) is 14.5. The minimum Gasteiger partial charge on any atom is -0.297 e. The molecule has 0 N–H and O–H groups in total. The lowest BCUT2D eigenvalue weighted by Gasteiger charge is -2.41. The number of allylic oxidation sites excluding steroid dienone is 1. The molecule has 2 heteroatoms. The van der Waals surface area contributed by atoms with Gasteiger partial charge in [0.15, 0.2) is 5.78 Å². The van der Waals surface area contributed by atoms with Gasteiger partial charge in [-0.15, -0.1) is 6.58 Å². The summed E-state index contributed by atoms with van der Waals surface area (Å²) in [7, 11) is 2.04. The van der Waals surface area contributed by atoms with Crippen molar-refractivity contribution in [2.24, 2.45) is 5.92 Å². The van der Waals surface area contributed by atoms with Gasteiger partial charge in [0.2, 0.25) is 0 Å². The van der Waals surface area contributed by atoms with Gasteiger partial charge in [-0.3, -0.25) is 9.69 Å². The first kappa shape index (κ1) is 15.4. The average molecular weight is 225 g/mol. The highest BCUT2D eigenvalue weighted by Gasteiger charge is 2.38. The lowest BCUT2D eigenvalue weighted by molar-refractivity contribution is -0.134. The van der Waals surface area contributed by atoms with E-state index >= 15 is 0 Å². The van der Waals surface area contributed by atoms with Crippen molar-refractivity contribution < 1.29 is 4.79 Å². The summed E-state index contributed by atoms with van der Waals surface area (Å²) in [5.41, 5.74) is -0.365. The van der Waals surface area contributed by atoms with E-state index in [1.165, 1.54) is 0 Å². The number of hydrogen-bond acceptors (Lipinski definition) is 2. The first-order chi connectivity index (χ1) is 7.27. The Morgan fingerprint density at radius 1 is 1.38 bits per heavy atom. The van der Waals surface area contributed by atoms with Crippen LogP contribution in [0.5, 0.6) is 0 Å². The van der Waals surface area contributed by atoms with Crippen molar-refractivity contribution in [1.82, 2.24) is 4.90 Å². The van der Waals surface area contributed by atoms with Crippen molar-refractivity contribution in [3.05, 3.63) is 12.7 Å². The molecule has 16 heavy (non-hydrogen) atoms. The molecule has 0 aromatic carbocycles. The molecule has 1 unspecified atom stereocenters. The maximum atomic E-state index is 12.3. The molecule has 0 aliphatic heterocycles. The highest BCUT2D eigenvalue weighted by molar-refractivity contribution is 5.89. The fourth-order valence-corrected chi connectivity index (χ4v) is 2.05. The molecule has 94 valence electrons. The Morgan fingerprint density at radius 3 is 2.19 bits per heavy atom. The SMILES string of the molecule is C=CCCC(C)(C(=O)C(C)C)N(C)C(C)C. The second-order valence-electron chi connectivity index (χ2n) is 5.32. The summed E-state index contributed by atoms with van der Waals surface area (Å²) in [5.74, 6) is 0.404. The Hall–Kier alpha value is -0.630. The first-order valence-electron chi connectivity index (χ1n) is 6.15. The van der Waals surface area contributed by atoms with Gasteiger partial charge in [-0.05, 0) is 40.7 Å². The monoisotopic (exact) mass is 225 g/mol. The van der Waals surface area contributed by atoms with E-state index in [9.17, 15) is 4.79 Å². The molecule has 0 rings (SSSR count). The third kappa shape index (κ3) is 3.44. The molecule has 0 aliphatic carbocycles. The predicted octanol–water partition coefficient (Wildman–Crippen LogP) is 3.28. The van der Waals surface area contributed by atoms with Crippen molar-refractivity contribution in [1.29, 1.82) is 0 Å². The van der Waals surface area contributed by atoms with Gasteiger partial charge in [0.25, 0.3) is 0 Å². The smallest absolute Gasteiger partial charge is 0.155 e. The van der Waals surface area contributed by atoms with Gasteiger partial charge in [0, 0.05) is 12.0 Å². The Balaban J connectivity index is 5.01. The molecule has 2 nitrogen and oxygen atoms in total. The standard InChI is InChI=1S/C14H27NO/c1-8-9-10-14(6,13(16)11(2)3)15(7)12(4)5/h8,11-12H,1,9-10H2,2-7H3. The number of carbonyl (C=O) groups excluding carboxylic acids is 1. The van der Waals surface area contributed by atoms with Crippen molar-refractivity contribution >= 4 is 5.78 Å². The second kappa shape index (κ2) is 6.19. The van der Waals surface area contributed by atoms with Crippen LogP contribution in [0.4, 0.5) is 0 Å².